The predicted octanol–water partition coefficient (Wildman–Crippen LogP) is 2.29. The molecule has 17 heavy (non-hydrogen) atoms. The number of rotatable bonds is 4. The molecular formula is C12H12N2O3. The molecule has 0 saturated heterocycles. The molecule has 0 saturated carbocycles. The van der Waals surface area contributed by atoms with E-state index < -0.39 is 5.97 Å². The second-order valence-electron chi connectivity index (χ2n) is 3.57. The maximum Gasteiger partial charge on any atom is 0.337 e. The summed E-state index contributed by atoms with van der Waals surface area (Å²) in [5, 5.41) is 11.9. The summed E-state index contributed by atoms with van der Waals surface area (Å²) in [5.74, 6) is 0.461. The van der Waals surface area contributed by atoms with E-state index in [2.05, 4.69) is 10.3 Å². The molecule has 0 amide bonds. The number of hydrogen-bond acceptors (Lipinski definition) is 4. The highest BCUT2D eigenvalue weighted by atomic mass is 16.4. The molecule has 5 nitrogen and oxygen atoms in total. The third-order valence-corrected chi connectivity index (χ3v) is 2.34. The molecule has 0 aromatic carbocycles. The molecule has 0 spiro atoms. The Balaban J connectivity index is 2.07. The Labute approximate surface area is 98.1 Å². The van der Waals surface area contributed by atoms with Crippen LogP contribution in [0.5, 0.6) is 0 Å². The summed E-state index contributed by atoms with van der Waals surface area (Å²) in [5.41, 5.74) is 0.704. The summed E-state index contributed by atoms with van der Waals surface area (Å²) in [6.07, 6.45) is 1.60. The molecule has 0 unspecified atom stereocenters. The summed E-state index contributed by atoms with van der Waals surface area (Å²) in [6.45, 7) is 2.19. The number of anilines is 1. The first kappa shape index (κ1) is 11.2. The Morgan fingerprint density at radius 3 is 2.88 bits per heavy atom. The first-order valence-electron chi connectivity index (χ1n) is 5.14. The molecular weight excluding hydrogens is 220 g/mol. The van der Waals surface area contributed by atoms with Crippen molar-refractivity contribution in [3.8, 4) is 0 Å². The van der Waals surface area contributed by atoms with Gasteiger partial charge in [0.05, 0.1) is 24.1 Å². The van der Waals surface area contributed by atoms with Crippen LogP contribution in [0.15, 0.2) is 34.9 Å². The molecule has 2 aromatic rings. The SMILES string of the molecule is Cc1nc(NCc2ccco2)ccc1C(=O)O. The lowest BCUT2D eigenvalue weighted by atomic mass is 10.2. The van der Waals surface area contributed by atoms with Crippen molar-refractivity contribution in [1.82, 2.24) is 4.98 Å². The first-order chi connectivity index (χ1) is 8.16. The van der Waals surface area contributed by atoms with Crippen molar-refractivity contribution in [3.05, 3.63) is 47.5 Å². The van der Waals surface area contributed by atoms with Crippen molar-refractivity contribution in [2.45, 2.75) is 13.5 Å². The molecule has 0 fully saturated rings. The number of carboxylic acids is 1. The van der Waals surface area contributed by atoms with Crippen molar-refractivity contribution in [2.75, 3.05) is 5.32 Å². The maximum atomic E-state index is 10.8. The van der Waals surface area contributed by atoms with Gasteiger partial charge in [-0.25, -0.2) is 9.78 Å². The molecule has 0 aliphatic rings. The van der Waals surface area contributed by atoms with Crippen molar-refractivity contribution >= 4 is 11.8 Å². The van der Waals surface area contributed by atoms with E-state index in [-0.39, 0.29) is 5.56 Å². The number of carboxylic acid groups (broad SMARTS) is 1. The zero-order valence-electron chi connectivity index (χ0n) is 9.30. The van der Waals surface area contributed by atoms with Crippen LogP contribution in [0.1, 0.15) is 21.8 Å². The molecule has 2 rings (SSSR count). The van der Waals surface area contributed by atoms with Crippen LogP contribution in [-0.2, 0) is 6.54 Å². The lowest BCUT2D eigenvalue weighted by Crippen LogP contribution is -2.05. The minimum atomic E-state index is -0.965. The maximum absolute atomic E-state index is 10.8. The molecule has 2 aromatic heterocycles. The topological polar surface area (TPSA) is 75.4 Å². The van der Waals surface area contributed by atoms with Crippen LogP contribution in [0, 0.1) is 6.92 Å². The normalized spacial score (nSPS) is 10.2. The Kier molecular flexibility index (Phi) is 3.09. The molecule has 2 heterocycles. The standard InChI is InChI=1S/C12H12N2O3/c1-8-10(12(15)16)4-5-11(14-8)13-7-9-3-2-6-17-9/h2-6H,7H2,1H3,(H,13,14)(H,15,16). The molecule has 5 heteroatoms. The molecule has 0 radical (unpaired) electrons. The van der Waals surface area contributed by atoms with E-state index >= 15 is 0 Å². The largest absolute Gasteiger partial charge is 0.478 e. The van der Waals surface area contributed by atoms with E-state index in [1.165, 1.54) is 6.07 Å². The van der Waals surface area contributed by atoms with Crippen LogP contribution in [-0.4, -0.2) is 16.1 Å². The summed E-state index contributed by atoms with van der Waals surface area (Å²) < 4.78 is 5.16. The van der Waals surface area contributed by atoms with E-state index in [1.807, 2.05) is 12.1 Å². The van der Waals surface area contributed by atoms with Crippen LogP contribution in [0.25, 0.3) is 0 Å². The summed E-state index contributed by atoms with van der Waals surface area (Å²) in [4.78, 5) is 15.0. The van der Waals surface area contributed by atoms with Gasteiger partial charge in [-0.05, 0) is 31.2 Å². The molecule has 0 aliphatic heterocycles. The number of aryl methyl sites for hydroxylation is 1. The van der Waals surface area contributed by atoms with Gasteiger partial charge in [0.1, 0.15) is 11.6 Å². The number of carbonyl (C=O) groups is 1. The fraction of sp³-hybridized carbons (Fsp3) is 0.167. The Morgan fingerprint density at radius 2 is 2.29 bits per heavy atom. The lowest BCUT2D eigenvalue weighted by molar-refractivity contribution is 0.0695. The molecule has 0 aliphatic carbocycles. The predicted molar refractivity (Wildman–Crippen MR) is 62.0 cm³/mol. The van der Waals surface area contributed by atoms with Gasteiger partial charge >= 0.3 is 5.97 Å². The zero-order valence-corrected chi connectivity index (χ0v) is 9.30. The summed E-state index contributed by atoms with van der Waals surface area (Å²) in [6, 6.07) is 6.84. The zero-order chi connectivity index (χ0) is 12.3. The second-order valence-corrected chi connectivity index (χ2v) is 3.57. The van der Waals surface area contributed by atoms with E-state index in [1.54, 1.807) is 19.3 Å². The first-order valence-corrected chi connectivity index (χ1v) is 5.14. The van der Waals surface area contributed by atoms with E-state index in [0.29, 0.717) is 18.1 Å². The lowest BCUT2D eigenvalue weighted by Gasteiger charge is -2.06. The fourth-order valence-electron chi connectivity index (χ4n) is 1.48. The van der Waals surface area contributed by atoms with Gasteiger partial charge in [-0.1, -0.05) is 0 Å². The van der Waals surface area contributed by atoms with Crippen LogP contribution in [0.4, 0.5) is 5.82 Å². The number of nitrogens with zero attached hydrogens (tertiary/aromatic N) is 1. The average molecular weight is 232 g/mol. The number of furan rings is 1. The van der Waals surface area contributed by atoms with Crippen LogP contribution >= 0.6 is 0 Å². The third-order valence-electron chi connectivity index (χ3n) is 2.34. The molecule has 0 bridgehead atoms. The number of hydrogen-bond donors (Lipinski definition) is 2. The Morgan fingerprint density at radius 1 is 1.47 bits per heavy atom. The Bertz CT molecular complexity index is 521. The molecule has 0 atom stereocenters. The minimum Gasteiger partial charge on any atom is -0.478 e. The van der Waals surface area contributed by atoms with Crippen LogP contribution < -0.4 is 5.32 Å². The quantitative estimate of drug-likeness (QED) is 0.845. The van der Waals surface area contributed by atoms with Gasteiger partial charge in [-0.3, -0.25) is 0 Å². The van der Waals surface area contributed by atoms with Crippen molar-refractivity contribution in [2.24, 2.45) is 0 Å². The van der Waals surface area contributed by atoms with Crippen LogP contribution in [0.2, 0.25) is 0 Å². The average Bonchev–Trinajstić information content (AvgIpc) is 2.78. The highest BCUT2D eigenvalue weighted by Crippen LogP contribution is 2.11. The second kappa shape index (κ2) is 4.69. The van der Waals surface area contributed by atoms with Crippen molar-refractivity contribution in [3.63, 3.8) is 0 Å². The fourth-order valence-corrected chi connectivity index (χ4v) is 1.48. The van der Waals surface area contributed by atoms with Crippen molar-refractivity contribution in [1.29, 1.82) is 0 Å². The molecule has 88 valence electrons. The van der Waals surface area contributed by atoms with Gasteiger partial charge in [0.2, 0.25) is 0 Å². The minimum absolute atomic E-state index is 0.216. The van der Waals surface area contributed by atoms with Gasteiger partial charge in [0, 0.05) is 0 Å². The van der Waals surface area contributed by atoms with Gasteiger partial charge in [0.15, 0.2) is 0 Å². The van der Waals surface area contributed by atoms with Crippen LogP contribution in [0.3, 0.4) is 0 Å². The highest BCUT2D eigenvalue weighted by Gasteiger charge is 2.08. The number of aromatic carboxylic acids is 1. The summed E-state index contributed by atoms with van der Waals surface area (Å²) in [7, 11) is 0. The third kappa shape index (κ3) is 2.63. The number of aromatic nitrogens is 1. The molecule has 2 N–H and O–H groups in total. The van der Waals surface area contributed by atoms with Gasteiger partial charge < -0.3 is 14.8 Å². The number of nitrogens with one attached hydrogen (secondary N) is 1. The van der Waals surface area contributed by atoms with Gasteiger partial charge in [0.25, 0.3) is 0 Å². The van der Waals surface area contributed by atoms with Crippen molar-refractivity contribution < 1.29 is 14.3 Å². The number of pyridine rings is 1. The highest BCUT2D eigenvalue weighted by molar-refractivity contribution is 5.89. The monoisotopic (exact) mass is 232 g/mol. The van der Waals surface area contributed by atoms with Gasteiger partial charge in [-0.2, -0.15) is 0 Å². The van der Waals surface area contributed by atoms with E-state index in [4.69, 9.17) is 9.52 Å². The van der Waals surface area contributed by atoms with Gasteiger partial charge in [-0.15, -0.1) is 0 Å². The Hall–Kier alpha value is -2.30. The van der Waals surface area contributed by atoms with E-state index in [0.717, 1.165) is 5.76 Å². The van der Waals surface area contributed by atoms with E-state index in [9.17, 15) is 4.79 Å². The summed E-state index contributed by atoms with van der Waals surface area (Å²) >= 11 is 0. The smallest absolute Gasteiger partial charge is 0.337 e.